The van der Waals surface area contributed by atoms with Crippen molar-refractivity contribution in [2.45, 2.75) is 56.0 Å². The van der Waals surface area contributed by atoms with Crippen molar-refractivity contribution in [2.75, 3.05) is 20.2 Å². The number of aromatic nitrogens is 2. The largest absolute Gasteiger partial charge is 0.469 e. The number of nitrogens with zero attached hydrogens (tertiary/aromatic N) is 3. The number of hydrogen-bond donors (Lipinski definition) is 0. The van der Waals surface area contributed by atoms with Crippen LogP contribution in [0.15, 0.2) is 34.2 Å². The molecule has 156 valence electrons. The van der Waals surface area contributed by atoms with Crippen molar-refractivity contribution in [1.29, 1.82) is 0 Å². The van der Waals surface area contributed by atoms with Crippen molar-refractivity contribution >= 4 is 34.5 Å². The van der Waals surface area contributed by atoms with Gasteiger partial charge in [0.2, 0.25) is 5.91 Å². The second-order valence-corrected chi connectivity index (χ2v) is 8.50. The summed E-state index contributed by atoms with van der Waals surface area (Å²) in [5.41, 5.74) is 0.375. The lowest BCUT2D eigenvalue weighted by Crippen LogP contribution is -2.37. The van der Waals surface area contributed by atoms with E-state index in [4.69, 9.17) is 4.74 Å². The Hall–Kier alpha value is -2.35. The number of hydrogen-bond acceptors (Lipinski definition) is 6. The van der Waals surface area contributed by atoms with E-state index in [1.165, 1.54) is 23.4 Å². The number of fused-ring (bicyclic) bond motifs is 1. The molecule has 1 aromatic carbocycles. The molecule has 0 radical (unpaired) electrons. The summed E-state index contributed by atoms with van der Waals surface area (Å²) in [5.74, 6) is -0.325. The molecule has 0 spiro atoms. The van der Waals surface area contributed by atoms with Gasteiger partial charge in [0.05, 0.1) is 29.7 Å². The van der Waals surface area contributed by atoms with E-state index in [1.54, 1.807) is 18.2 Å². The van der Waals surface area contributed by atoms with Crippen LogP contribution < -0.4 is 5.56 Å². The smallest absolute Gasteiger partial charge is 0.307 e. The minimum absolute atomic E-state index is 0.0679. The highest BCUT2D eigenvalue weighted by Gasteiger charge is 2.24. The Bertz CT molecular complexity index is 935. The fourth-order valence-electron chi connectivity index (χ4n) is 3.50. The molecule has 1 aliphatic heterocycles. The lowest BCUT2D eigenvalue weighted by molar-refractivity contribution is -0.141. The summed E-state index contributed by atoms with van der Waals surface area (Å²) in [5, 5.41) is 0.576. The van der Waals surface area contributed by atoms with Gasteiger partial charge in [0.15, 0.2) is 5.16 Å². The Balaban J connectivity index is 1.88. The number of methoxy groups -OCH3 is 1. The highest BCUT2D eigenvalue weighted by molar-refractivity contribution is 8.00. The first-order valence-corrected chi connectivity index (χ1v) is 10.9. The maximum absolute atomic E-state index is 13.0. The zero-order chi connectivity index (χ0) is 20.8. The molecule has 1 saturated heterocycles. The summed E-state index contributed by atoms with van der Waals surface area (Å²) in [6.07, 6.45) is 4.44. The van der Waals surface area contributed by atoms with Crippen LogP contribution in [0.25, 0.3) is 10.9 Å². The van der Waals surface area contributed by atoms with E-state index in [0.29, 0.717) is 16.1 Å². The first-order valence-electron chi connectivity index (χ1n) is 10.0. The quantitative estimate of drug-likeness (QED) is 0.408. The van der Waals surface area contributed by atoms with E-state index in [0.717, 1.165) is 38.8 Å². The van der Waals surface area contributed by atoms with Crippen LogP contribution in [0.5, 0.6) is 0 Å². The van der Waals surface area contributed by atoms with E-state index >= 15 is 0 Å². The van der Waals surface area contributed by atoms with Crippen molar-refractivity contribution in [3.8, 4) is 0 Å². The molecule has 0 N–H and O–H groups in total. The van der Waals surface area contributed by atoms with Gasteiger partial charge in [-0.25, -0.2) is 4.98 Å². The predicted octanol–water partition coefficient (Wildman–Crippen LogP) is 2.84. The topological polar surface area (TPSA) is 81.5 Å². The first kappa shape index (κ1) is 21.4. The third-order valence-electron chi connectivity index (χ3n) is 5.14. The average molecular weight is 418 g/mol. The van der Waals surface area contributed by atoms with Gasteiger partial charge in [0.25, 0.3) is 5.56 Å². The van der Waals surface area contributed by atoms with Gasteiger partial charge in [-0.15, -0.1) is 0 Å². The number of likely N-dealkylation sites (tertiary alicyclic amines) is 1. The van der Waals surface area contributed by atoms with Crippen molar-refractivity contribution in [2.24, 2.45) is 0 Å². The van der Waals surface area contributed by atoms with E-state index in [9.17, 15) is 14.4 Å². The number of amides is 1. The molecule has 0 bridgehead atoms. The number of ether oxygens (including phenoxy) is 1. The second kappa shape index (κ2) is 9.91. The Morgan fingerprint density at radius 3 is 2.55 bits per heavy atom. The minimum Gasteiger partial charge on any atom is -0.469 e. The predicted molar refractivity (Wildman–Crippen MR) is 113 cm³/mol. The number of carbonyl (C=O) groups excluding carboxylic acids is 2. The minimum atomic E-state index is -0.394. The summed E-state index contributed by atoms with van der Waals surface area (Å²) < 4.78 is 6.19. The SMILES string of the molecule is COC(=O)CCn1c(S[C@@H](C)C(=O)N2CCCCCC2)nc2ccccc2c1=O. The van der Waals surface area contributed by atoms with Crippen molar-refractivity contribution in [1.82, 2.24) is 14.5 Å². The molecule has 1 atom stereocenters. The molecule has 1 aliphatic rings. The molecule has 7 nitrogen and oxygen atoms in total. The summed E-state index contributed by atoms with van der Waals surface area (Å²) in [7, 11) is 1.32. The van der Waals surface area contributed by atoms with Gasteiger partial charge >= 0.3 is 5.97 Å². The number of para-hydroxylation sites is 1. The molecular weight excluding hydrogens is 390 g/mol. The molecule has 0 aliphatic carbocycles. The third kappa shape index (κ3) is 5.18. The van der Waals surface area contributed by atoms with Gasteiger partial charge < -0.3 is 9.64 Å². The Kier molecular flexibility index (Phi) is 7.30. The summed E-state index contributed by atoms with van der Waals surface area (Å²) in [6.45, 7) is 3.58. The van der Waals surface area contributed by atoms with Gasteiger partial charge in [0, 0.05) is 19.6 Å². The Morgan fingerprint density at radius 1 is 1.17 bits per heavy atom. The zero-order valence-corrected chi connectivity index (χ0v) is 17.7. The van der Waals surface area contributed by atoms with Gasteiger partial charge in [-0.2, -0.15) is 0 Å². The molecule has 1 fully saturated rings. The number of carbonyl (C=O) groups is 2. The monoisotopic (exact) mass is 417 g/mol. The number of esters is 1. The third-order valence-corrected chi connectivity index (χ3v) is 6.22. The molecule has 0 unspecified atom stereocenters. The van der Waals surface area contributed by atoms with Crippen molar-refractivity contribution in [3.63, 3.8) is 0 Å². The zero-order valence-electron chi connectivity index (χ0n) is 16.9. The molecule has 1 amide bonds. The molecular formula is C21H27N3O4S. The van der Waals surface area contributed by atoms with Crippen LogP contribution in [-0.2, 0) is 20.9 Å². The van der Waals surface area contributed by atoms with E-state index in [-0.39, 0.29) is 29.7 Å². The second-order valence-electron chi connectivity index (χ2n) is 7.19. The van der Waals surface area contributed by atoms with Crippen LogP contribution in [0.3, 0.4) is 0 Å². The molecule has 8 heteroatoms. The van der Waals surface area contributed by atoms with Crippen molar-refractivity contribution < 1.29 is 14.3 Å². The fourth-order valence-corrected chi connectivity index (χ4v) is 4.52. The lowest BCUT2D eigenvalue weighted by Gasteiger charge is -2.24. The number of rotatable bonds is 6. The summed E-state index contributed by atoms with van der Waals surface area (Å²) in [4.78, 5) is 44.1. The standard InChI is InChI=1S/C21H27N3O4S/c1-15(19(26)23-12-7-3-4-8-13-23)29-21-22-17-10-6-5-9-16(17)20(27)24(21)14-11-18(25)28-2/h5-6,9-10,15H,3-4,7-8,11-14H2,1-2H3/t15-/m0/s1. The average Bonchev–Trinajstić information content (AvgIpc) is 3.02. The maximum atomic E-state index is 13.0. The van der Waals surface area contributed by atoms with Gasteiger partial charge in [0.1, 0.15) is 0 Å². The Labute approximate surface area is 174 Å². The Morgan fingerprint density at radius 2 is 1.86 bits per heavy atom. The summed E-state index contributed by atoms with van der Waals surface area (Å²) in [6, 6.07) is 7.12. The lowest BCUT2D eigenvalue weighted by atomic mass is 10.2. The normalized spacial score (nSPS) is 15.7. The van der Waals surface area contributed by atoms with E-state index in [2.05, 4.69) is 4.98 Å². The first-order chi connectivity index (χ1) is 14.0. The van der Waals surface area contributed by atoms with Crippen LogP contribution in [0, 0.1) is 0 Å². The van der Waals surface area contributed by atoms with Crippen LogP contribution in [-0.4, -0.2) is 51.8 Å². The highest BCUT2D eigenvalue weighted by atomic mass is 32.2. The molecule has 1 aromatic heterocycles. The van der Waals surface area contributed by atoms with Gasteiger partial charge in [-0.1, -0.05) is 36.7 Å². The van der Waals surface area contributed by atoms with Crippen LogP contribution in [0.1, 0.15) is 39.0 Å². The fraction of sp³-hybridized carbons (Fsp3) is 0.524. The molecule has 3 rings (SSSR count). The van der Waals surface area contributed by atoms with Crippen LogP contribution in [0.4, 0.5) is 0 Å². The number of thioether (sulfide) groups is 1. The van der Waals surface area contributed by atoms with E-state index < -0.39 is 5.97 Å². The molecule has 2 aromatic rings. The van der Waals surface area contributed by atoms with Crippen LogP contribution >= 0.6 is 11.8 Å². The number of benzene rings is 1. The molecule has 2 heterocycles. The van der Waals surface area contributed by atoms with E-state index in [1.807, 2.05) is 17.9 Å². The van der Waals surface area contributed by atoms with Crippen molar-refractivity contribution in [3.05, 3.63) is 34.6 Å². The molecule has 0 saturated carbocycles. The van der Waals surface area contributed by atoms with Gasteiger partial charge in [-0.3, -0.25) is 19.0 Å². The molecule has 29 heavy (non-hydrogen) atoms. The summed E-state index contributed by atoms with van der Waals surface area (Å²) >= 11 is 1.28. The van der Waals surface area contributed by atoms with Gasteiger partial charge in [-0.05, 0) is 31.9 Å². The van der Waals surface area contributed by atoms with Crippen LogP contribution in [0.2, 0.25) is 0 Å². The maximum Gasteiger partial charge on any atom is 0.307 e. The highest BCUT2D eigenvalue weighted by Crippen LogP contribution is 2.25.